The first-order valence-electron chi connectivity index (χ1n) is 6.03. The molecule has 1 N–H and O–H groups in total. The summed E-state index contributed by atoms with van der Waals surface area (Å²) in [5.41, 5.74) is -0.0309. The Labute approximate surface area is 120 Å². The molecule has 0 bridgehead atoms. The van der Waals surface area contributed by atoms with Crippen LogP contribution in [0.3, 0.4) is 0 Å². The van der Waals surface area contributed by atoms with Crippen LogP contribution in [0.2, 0.25) is 0 Å². The van der Waals surface area contributed by atoms with Gasteiger partial charge in [-0.15, -0.1) is 0 Å². The van der Waals surface area contributed by atoms with Crippen LogP contribution in [-0.4, -0.2) is 20.1 Å². The molecule has 6 heteroatoms. The minimum Gasteiger partial charge on any atom is -0.497 e. The van der Waals surface area contributed by atoms with Gasteiger partial charge in [0.15, 0.2) is 0 Å². The number of carbonyl (C=O) groups excluding carboxylic acids is 1. The Morgan fingerprint density at radius 3 is 2.19 bits per heavy atom. The van der Waals surface area contributed by atoms with Gasteiger partial charge in [0.2, 0.25) is 0 Å². The molecule has 0 spiro atoms. The fourth-order valence-electron chi connectivity index (χ4n) is 1.73. The molecule has 1 amide bonds. The van der Waals surface area contributed by atoms with E-state index in [2.05, 4.69) is 5.32 Å². The zero-order valence-electron chi connectivity index (χ0n) is 11.4. The fourth-order valence-corrected chi connectivity index (χ4v) is 1.73. The van der Waals surface area contributed by atoms with Crippen LogP contribution in [0.1, 0.15) is 10.4 Å². The molecule has 0 unspecified atom stereocenters. The van der Waals surface area contributed by atoms with E-state index in [0.29, 0.717) is 11.5 Å². The molecule has 2 aromatic carbocycles. The van der Waals surface area contributed by atoms with Gasteiger partial charge in [0.25, 0.3) is 5.91 Å². The molecule has 0 fully saturated rings. The summed E-state index contributed by atoms with van der Waals surface area (Å²) in [6.07, 6.45) is 0. The van der Waals surface area contributed by atoms with Gasteiger partial charge in [-0.05, 0) is 24.3 Å². The molecular formula is C15H13F2NO3. The van der Waals surface area contributed by atoms with Gasteiger partial charge >= 0.3 is 0 Å². The molecule has 0 saturated carbocycles. The second-order valence-electron chi connectivity index (χ2n) is 4.18. The molecule has 2 rings (SSSR count). The molecule has 0 atom stereocenters. The van der Waals surface area contributed by atoms with Crippen molar-refractivity contribution in [2.75, 3.05) is 19.5 Å². The molecule has 0 aromatic heterocycles. The van der Waals surface area contributed by atoms with Crippen LogP contribution in [0.4, 0.5) is 14.5 Å². The topological polar surface area (TPSA) is 47.6 Å². The summed E-state index contributed by atoms with van der Waals surface area (Å²) in [5, 5.41) is 2.30. The number of carbonyl (C=O) groups is 1. The number of ether oxygens (including phenoxy) is 2. The molecule has 4 nitrogen and oxygen atoms in total. The molecule has 21 heavy (non-hydrogen) atoms. The van der Waals surface area contributed by atoms with E-state index in [4.69, 9.17) is 9.47 Å². The van der Waals surface area contributed by atoms with Gasteiger partial charge in [-0.2, -0.15) is 0 Å². The van der Waals surface area contributed by atoms with Crippen molar-refractivity contribution in [1.29, 1.82) is 0 Å². The molecule has 2 aromatic rings. The molecule has 0 aliphatic heterocycles. The highest BCUT2D eigenvalue weighted by Gasteiger charge is 2.13. The summed E-state index contributed by atoms with van der Waals surface area (Å²) >= 11 is 0. The summed E-state index contributed by atoms with van der Waals surface area (Å²) < 4.78 is 36.7. The SMILES string of the molecule is COc1cc(OC)cc(C(=O)Nc2cc(F)ccc2F)c1. The van der Waals surface area contributed by atoms with Crippen LogP contribution in [0.25, 0.3) is 0 Å². The molecule has 110 valence electrons. The fraction of sp³-hybridized carbons (Fsp3) is 0.133. The molecule has 0 aliphatic carbocycles. The highest BCUT2D eigenvalue weighted by molar-refractivity contribution is 6.04. The Balaban J connectivity index is 2.29. The van der Waals surface area contributed by atoms with Gasteiger partial charge in [-0.3, -0.25) is 4.79 Å². The van der Waals surface area contributed by atoms with Crippen molar-refractivity contribution in [3.63, 3.8) is 0 Å². The van der Waals surface area contributed by atoms with Crippen molar-refractivity contribution in [1.82, 2.24) is 0 Å². The van der Waals surface area contributed by atoms with Gasteiger partial charge in [0, 0.05) is 17.7 Å². The zero-order valence-corrected chi connectivity index (χ0v) is 11.4. The summed E-state index contributed by atoms with van der Waals surface area (Å²) in [6, 6.07) is 7.35. The maximum atomic E-state index is 13.5. The Hall–Kier alpha value is -2.63. The largest absolute Gasteiger partial charge is 0.497 e. The van der Waals surface area contributed by atoms with Crippen LogP contribution >= 0.6 is 0 Å². The summed E-state index contributed by atoms with van der Waals surface area (Å²) in [6.45, 7) is 0. The van der Waals surface area contributed by atoms with Crippen molar-refractivity contribution in [3.05, 3.63) is 53.6 Å². The minimum atomic E-state index is -0.723. The number of hydrogen-bond acceptors (Lipinski definition) is 3. The molecule has 0 saturated heterocycles. The first kappa shape index (κ1) is 14.8. The lowest BCUT2D eigenvalue weighted by Crippen LogP contribution is -2.13. The van der Waals surface area contributed by atoms with E-state index >= 15 is 0 Å². The molecular weight excluding hydrogens is 280 g/mol. The summed E-state index contributed by atoms with van der Waals surface area (Å²) in [4.78, 5) is 12.1. The van der Waals surface area contributed by atoms with Crippen LogP contribution in [0.15, 0.2) is 36.4 Å². The number of halogens is 2. The third-order valence-electron chi connectivity index (χ3n) is 2.79. The van der Waals surface area contributed by atoms with E-state index in [1.165, 1.54) is 26.4 Å². The summed E-state index contributed by atoms with van der Waals surface area (Å²) in [7, 11) is 2.89. The monoisotopic (exact) mass is 293 g/mol. The number of hydrogen-bond donors (Lipinski definition) is 1. The van der Waals surface area contributed by atoms with Crippen molar-refractivity contribution in [2.24, 2.45) is 0 Å². The predicted molar refractivity (Wildman–Crippen MR) is 73.9 cm³/mol. The number of amides is 1. The normalized spacial score (nSPS) is 10.1. The average molecular weight is 293 g/mol. The Morgan fingerprint density at radius 1 is 1.00 bits per heavy atom. The second-order valence-corrected chi connectivity index (χ2v) is 4.18. The van der Waals surface area contributed by atoms with Gasteiger partial charge in [-0.25, -0.2) is 8.78 Å². The van der Waals surface area contributed by atoms with E-state index in [1.54, 1.807) is 6.07 Å². The number of methoxy groups -OCH3 is 2. The highest BCUT2D eigenvalue weighted by atomic mass is 19.1. The van der Waals surface area contributed by atoms with E-state index < -0.39 is 17.5 Å². The van der Waals surface area contributed by atoms with Crippen molar-refractivity contribution >= 4 is 11.6 Å². The van der Waals surface area contributed by atoms with Crippen molar-refractivity contribution in [2.45, 2.75) is 0 Å². The average Bonchev–Trinajstić information content (AvgIpc) is 2.50. The van der Waals surface area contributed by atoms with Crippen molar-refractivity contribution < 1.29 is 23.0 Å². The summed E-state index contributed by atoms with van der Waals surface area (Å²) in [5.74, 6) is -1.13. The lowest BCUT2D eigenvalue weighted by atomic mass is 10.1. The number of rotatable bonds is 4. The second kappa shape index (κ2) is 6.21. The predicted octanol–water partition coefficient (Wildman–Crippen LogP) is 3.23. The van der Waals surface area contributed by atoms with Gasteiger partial charge < -0.3 is 14.8 Å². The third kappa shape index (κ3) is 3.47. The van der Waals surface area contributed by atoms with Crippen molar-refractivity contribution in [3.8, 4) is 11.5 Å². The number of anilines is 1. The van der Waals surface area contributed by atoms with E-state index in [1.807, 2.05) is 0 Å². The maximum absolute atomic E-state index is 13.5. The first-order valence-corrected chi connectivity index (χ1v) is 6.03. The van der Waals surface area contributed by atoms with E-state index in [0.717, 1.165) is 18.2 Å². The van der Waals surface area contributed by atoms with Crippen LogP contribution in [-0.2, 0) is 0 Å². The molecule has 0 aliphatic rings. The lowest BCUT2D eigenvalue weighted by molar-refractivity contribution is 0.102. The van der Waals surface area contributed by atoms with Gasteiger partial charge in [0.1, 0.15) is 23.1 Å². The minimum absolute atomic E-state index is 0.204. The maximum Gasteiger partial charge on any atom is 0.256 e. The van der Waals surface area contributed by atoms with E-state index in [9.17, 15) is 13.6 Å². The Morgan fingerprint density at radius 2 is 1.62 bits per heavy atom. The smallest absolute Gasteiger partial charge is 0.256 e. The van der Waals surface area contributed by atoms with Crippen LogP contribution in [0.5, 0.6) is 11.5 Å². The third-order valence-corrected chi connectivity index (χ3v) is 2.79. The Kier molecular flexibility index (Phi) is 4.37. The molecule has 0 radical (unpaired) electrons. The quantitative estimate of drug-likeness (QED) is 0.941. The lowest BCUT2D eigenvalue weighted by Gasteiger charge is -2.10. The number of nitrogens with one attached hydrogen (secondary N) is 1. The van der Waals surface area contributed by atoms with Gasteiger partial charge in [-0.1, -0.05) is 0 Å². The van der Waals surface area contributed by atoms with Gasteiger partial charge in [0.05, 0.1) is 19.9 Å². The standard InChI is InChI=1S/C15H13F2NO3/c1-20-11-5-9(6-12(8-11)21-2)15(19)18-14-7-10(16)3-4-13(14)17/h3-8H,1-2H3,(H,18,19). The number of benzene rings is 2. The zero-order chi connectivity index (χ0) is 15.4. The van der Waals surface area contributed by atoms with Crippen LogP contribution in [0, 0.1) is 11.6 Å². The highest BCUT2D eigenvalue weighted by Crippen LogP contribution is 2.24. The first-order chi connectivity index (χ1) is 10.0. The Bertz CT molecular complexity index is 652. The van der Waals surface area contributed by atoms with Crippen LogP contribution < -0.4 is 14.8 Å². The van der Waals surface area contributed by atoms with E-state index in [-0.39, 0.29) is 11.3 Å². The molecule has 0 heterocycles.